The predicted octanol–water partition coefficient (Wildman–Crippen LogP) is 1.99. The normalized spacial score (nSPS) is 15.4. The zero-order valence-electron chi connectivity index (χ0n) is 8.50. The fourth-order valence-electron chi connectivity index (χ4n) is 1.10. The highest BCUT2D eigenvalue weighted by molar-refractivity contribution is 4.87. The second-order valence-electron chi connectivity index (χ2n) is 3.98. The van der Waals surface area contributed by atoms with Crippen LogP contribution in [0.25, 0.3) is 0 Å². The maximum absolute atomic E-state index is 8.53. The largest absolute Gasteiger partial charge is 0.392 e. The van der Waals surface area contributed by atoms with E-state index in [4.69, 9.17) is 9.84 Å². The van der Waals surface area contributed by atoms with E-state index in [1.165, 1.54) is 0 Å². The maximum atomic E-state index is 8.53. The summed E-state index contributed by atoms with van der Waals surface area (Å²) in [6, 6.07) is 0. The Labute approximate surface area is 75.2 Å². The zero-order valence-corrected chi connectivity index (χ0v) is 8.50. The Bertz CT molecular complexity index is 133. The molecular formula is C10H20O2. The molecule has 0 saturated carbocycles. The Balaban J connectivity index is 3.92. The van der Waals surface area contributed by atoms with Crippen molar-refractivity contribution in [3.63, 3.8) is 0 Å². The molecule has 0 heterocycles. The lowest BCUT2D eigenvalue weighted by molar-refractivity contribution is 0.0192. The molecule has 0 aromatic rings. The third kappa shape index (κ3) is 4.52. The second kappa shape index (κ2) is 5.33. The number of aliphatic hydroxyl groups excluding tert-OH is 1. The van der Waals surface area contributed by atoms with Gasteiger partial charge in [-0.05, 0) is 11.8 Å². The lowest BCUT2D eigenvalue weighted by Gasteiger charge is -2.28. The number of hydrogen-bond acceptors (Lipinski definition) is 2. The standard InChI is InChI=1S/C10H20O2/c1-10(2,3)9(12-4)7-5-6-8-11/h5-6,9,11H,7-8H2,1-4H3/b6-5+. The first-order chi connectivity index (χ1) is 5.52. The van der Waals surface area contributed by atoms with Crippen LogP contribution in [0.5, 0.6) is 0 Å². The molecule has 1 N–H and O–H groups in total. The first-order valence-electron chi connectivity index (χ1n) is 4.31. The lowest BCUT2D eigenvalue weighted by Crippen LogP contribution is -2.27. The van der Waals surface area contributed by atoms with E-state index < -0.39 is 0 Å². The van der Waals surface area contributed by atoms with Crippen LogP contribution >= 0.6 is 0 Å². The lowest BCUT2D eigenvalue weighted by atomic mass is 9.87. The Morgan fingerprint density at radius 3 is 2.25 bits per heavy atom. The monoisotopic (exact) mass is 172 g/mol. The molecule has 0 spiro atoms. The highest BCUT2D eigenvalue weighted by atomic mass is 16.5. The molecule has 0 rings (SSSR count). The minimum absolute atomic E-state index is 0.112. The molecule has 12 heavy (non-hydrogen) atoms. The first kappa shape index (κ1) is 11.7. The van der Waals surface area contributed by atoms with Crippen molar-refractivity contribution < 1.29 is 9.84 Å². The van der Waals surface area contributed by atoms with Gasteiger partial charge in [-0.15, -0.1) is 0 Å². The van der Waals surface area contributed by atoms with Crippen molar-refractivity contribution in [2.45, 2.75) is 33.3 Å². The molecule has 72 valence electrons. The van der Waals surface area contributed by atoms with Gasteiger partial charge >= 0.3 is 0 Å². The fourth-order valence-corrected chi connectivity index (χ4v) is 1.10. The predicted molar refractivity (Wildman–Crippen MR) is 51.1 cm³/mol. The number of rotatable bonds is 4. The molecule has 1 atom stereocenters. The van der Waals surface area contributed by atoms with Gasteiger partial charge in [-0.2, -0.15) is 0 Å². The summed E-state index contributed by atoms with van der Waals surface area (Å²) >= 11 is 0. The van der Waals surface area contributed by atoms with Gasteiger partial charge in [0.2, 0.25) is 0 Å². The Morgan fingerprint density at radius 2 is 1.92 bits per heavy atom. The van der Waals surface area contributed by atoms with Gasteiger partial charge < -0.3 is 9.84 Å². The molecule has 0 fully saturated rings. The number of ether oxygens (including phenoxy) is 1. The van der Waals surface area contributed by atoms with Crippen LogP contribution in [0.3, 0.4) is 0 Å². The SMILES string of the molecule is COC(C/C=C/CO)C(C)(C)C. The van der Waals surface area contributed by atoms with Crippen molar-refractivity contribution in [1.29, 1.82) is 0 Å². The molecular weight excluding hydrogens is 152 g/mol. The van der Waals surface area contributed by atoms with Crippen LogP contribution in [0, 0.1) is 5.41 Å². The molecule has 0 aromatic carbocycles. The van der Waals surface area contributed by atoms with Gasteiger partial charge in [0, 0.05) is 7.11 Å². The minimum atomic E-state index is 0.112. The summed E-state index contributed by atoms with van der Waals surface area (Å²) in [5, 5.41) is 8.53. The summed E-state index contributed by atoms with van der Waals surface area (Å²) in [4.78, 5) is 0. The summed E-state index contributed by atoms with van der Waals surface area (Å²) in [5.74, 6) is 0. The molecule has 0 aliphatic heterocycles. The van der Waals surface area contributed by atoms with Crippen molar-refractivity contribution in [2.75, 3.05) is 13.7 Å². The van der Waals surface area contributed by atoms with Crippen LogP contribution < -0.4 is 0 Å². The van der Waals surface area contributed by atoms with Crippen LogP contribution in [0.1, 0.15) is 27.2 Å². The van der Waals surface area contributed by atoms with E-state index >= 15 is 0 Å². The van der Waals surface area contributed by atoms with Gasteiger partial charge in [0.1, 0.15) is 0 Å². The molecule has 0 bridgehead atoms. The molecule has 0 radical (unpaired) electrons. The summed E-state index contributed by atoms with van der Waals surface area (Å²) in [6.07, 6.45) is 4.79. The molecule has 2 heteroatoms. The fraction of sp³-hybridized carbons (Fsp3) is 0.800. The van der Waals surface area contributed by atoms with Gasteiger partial charge in [0.15, 0.2) is 0 Å². The maximum Gasteiger partial charge on any atom is 0.0653 e. The average molecular weight is 172 g/mol. The molecule has 0 saturated heterocycles. The molecule has 0 amide bonds. The first-order valence-corrected chi connectivity index (χ1v) is 4.31. The van der Waals surface area contributed by atoms with E-state index in [0.29, 0.717) is 0 Å². The summed E-state index contributed by atoms with van der Waals surface area (Å²) < 4.78 is 5.33. The molecule has 0 aromatic heterocycles. The van der Waals surface area contributed by atoms with Gasteiger partial charge in [0.25, 0.3) is 0 Å². The smallest absolute Gasteiger partial charge is 0.0653 e. The minimum Gasteiger partial charge on any atom is -0.392 e. The van der Waals surface area contributed by atoms with Crippen molar-refractivity contribution in [1.82, 2.24) is 0 Å². The summed E-state index contributed by atoms with van der Waals surface area (Å²) in [6.45, 7) is 6.55. The number of methoxy groups -OCH3 is 1. The number of hydrogen-bond donors (Lipinski definition) is 1. The van der Waals surface area contributed by atoms with E-state index in [1.54, 1.807) is 13.2 Å². The highest BCUT2D eigenvalue weighted by Crippen LogP contribution is 2.24. The molecule has 2 nitrogen and oxygen atoms in total. The quantitative estimate of drug-likeness (QED) is 0.657. The molecule has 1 unspecified atom stereocenters. The molecule has 0 aliphatic rings. The van der Waals surface area contributed by atoms with Crippen molar-refractivity contribution in [3.05, 3.63) is 12.2 Å². The van der Waals surface area contributed by atoms with Gasteiger partial charge in [-0.1, -0.05) is 32.9 Å². The second-order valence-corrected chi connectivity index (χ2v) is 3.98. The van der Waals surface area contributed by atoms with E-state index in [1.807, 2.05) is 6.08 Å². The third-order valence-corrected chi connectivity index (χ3v) is 1.87. The third-order valence-electron chi connectivity index (χ3n) is 1.87. The van der Waals surface area contributed by atoms with Crippen LogP contribution in [0.4, 0.5) is 0 Å². The average Bonchev–Trinajstić information content (AvgIpc) is 1.95. The Kier molecular flexibility index (Phi) is 5.18. The van der Waals surface area contributed by atoms with E-state index in [0.717, 1.165) is 6.42 Å². The van der Waals surface area contributed by atoms with Crippen LogP contribution in [-0.4, -0.2) is 24.9 Å². The van der Waals surface area contributed by atoms with Gasteiger partial charge in [-0.25, -0.2) is 0 Å². The van der Waals surface area contributed by atoms with E-state index in [2.05, 4.69) is 20.8 Å². The Morgan fingerprint density at radius 1 is 1.33 bits per heavy atom. The zero-order chi connectivity index (χ0) is 9.61. The highest BCUT2D eigenvalue weighted by Gasteiger charge is 2.22. The topological polar surface area (TPSA) is 29.5 Å². The van der Waals surface area contributed by atoms with Crippen molar-refractivity contribution in [2.24, 2.45) is 5.41 Å². The Hall–Kier alpha value is -0.340. The summed E-state index contributed by atoms with van der Waals surface area (Å²) in [7, 11) is 1.72. The van der Waals surface area contributed by atoms with Crippen LogP contribution in [-0.2, 0) is 4.74 Å². The number of aliphatic hydroxyl groups is 1. The van der Waals surface area contributed by atoms with Crippen molar-refractivity contribution in [3.8, 4) is 0 Å². The van der Waals surface area contributed by atoms with E-state index in [9.17, 15) is 0 Å². The van der Waals surface area contributed by atoms with Crippen LogP contribution in [0.15, 0.2) is 12.2 Å². The molecule has 0 aliphatic carbocycles. The van der Waals surface area contributed by atoms with Gasteiger partial charge in [0.05, 0.1) is 12.7 Å². The van der Waals surface area contributed by atoms with Gasteiger partial charge in [-0.3, -0.25) is 0 Å². The van der Waals surface area contributed by atoms with Crippen LogP contribution in [0.2, 0.25) is 0 Å². The summed E-state index contributed by atoms with van der Waals surface area (Å²) in [5.41, 5.74) is 0.161. The van der Waals surface area contributed by atoms with Crippen molar-refractivity contribution >= 4 is 0 Å². The van der Waals surface area contributed by atoms with E-state index in [-0.39, 0.29) is 18.1 Å².